The number of nitrogens with one attached hydrogen (secondary N) is 1. The maximum atomic E-state index is 12.2. The lowest BCUT2D eigenvalue weighted by Gasteiger charge is -2.26. The molecule has 128 valence electrons. The maximum Gasteiger partial charge on any atom is 0.251 e. The lowest BCUT2D eigenvalue weighted by Crippen LogP contribution is -2.38. The molecular formula is C17H26N2O4. The van der Waals surface area contributed by atoms with E-state index in [0.29, 0.717) is 30.2 Å². The van der Waals surface area contributed by atoms with E-state index in [2.05, 4.69) is 10.2 Å². The van der Waals surface area contributed by atoms with Crippen molar-refractivity contribution in [3.8, 4) is 11.5 Å². The summed E-state index contributed by atoms with van der Waals surface area (Å²) in [5, 5.41) is 2.95. The number of carbonyl (C=O) groups is 1. The smallest absolute Gasteiger partial charge is 0.251 e. The minimum Gasteiger partial charge on any atom is -0.493 e. The normalized spacial score (nSPS) is 15.2. The van der Waals surface area contributed by atoms with E-state index in [1.165, 1.54) is 0 Å². The summed E-state index contributed by atoms with van der Waals surface area (Å²) >= 11 is 0. The van der Waals surface area contributed by atoms with E-state index in [4.69, 9.17) is 14.2 Å². The first-order valence-corrected chi connectivity index (χ1v) is 8.13. The average molecular weight is 322 g/mol. The Labute approximate surface area is 137 Å². The Morgan fingerprint density at radius 3 is 2.78 bits per heavy atom. The first kappa shape index (κ1) is 17.6. The van der Waals surface area contributed by atoms with Crippen molar-refractivity contribution >= 4 is 5.91 Å². The van der Waals surface area contributed by atoms with Crippen LogP contribution >= 0.6 is 0 Å². The molecule has 0 aliphatic carbocycles. The van der Waals surface area contributed by atoms with E-state index < -0.39 is 0 Å². The zero-order valence-electron chi connectivity index (χ0n) is 14.0. The van der Waals surface area contributed by atoms with Crippen LogP contribution in [0.15, 0.2) is 18.2 Å². The van der Waals surface area contributed by atoms with Gasteiger partial charge in [0.15, 0.2) is 11.5 Å². The molecule has 1 fully saturated rings. The summed E-state index contributed by atoms with van der Waals surface area (Å²) in [7, 11) is 1.57. The van der Waals surface area contributed by atoms with Gasteiger partial charge in [0.25, 0.3) is 5.91 Å². The summed E-state index contributed by atoms with van der Waals surface area (Å²) in [6, 6.07) is 5.23. The molecule has 6 nitrogen and oxygen atoms in total. The van der Waals surface area contributed by atoms with Crippen LogP contribution in [0.4, 0.5) is 0 Å². The second-order valence-corrected chi connectivity index (χ2v) is 5.36. The minimum absolute atomic E-state index is 0.0895. The van der Waals surface area contributed by atoms with Crippen molar-refractivity contribution in [3.05, 3.63) is 23.8 Å². The van der Waals surface area contributed by atoms with Gasteiger partial charge in [-0.05, 0) is 38.1 Å². The van der Waals surface area contributed by atoms with Gasteiger partial charge in [0.2, 0.25) is 0 Å². The molecule has 2 rings (SSSR count). The lowest BCUT2D eigenvalue weighted by molar-refractivity contribution is 0.0374. The summed E-state index contributed by atoms with van der Waals surface area (Å²) in [5.74, 6) is 1.14. The second-order valence-electron chi connectivity index (χ2n) is 5.36. The highest BCUT2D eigenvalue weighted by atomic mass is 16.5. The Bertz CT molecular complexity index is 501. The van der Waals surface area contributed by atoms with Gasteiger partial charge < -0.3 is 19.5 Å². The quantitative estimate of drug-likeness (QED) is 0.736. The summed E-state index contributed by atoms with van der Waals surface area (Å²) < 4.78 is 16.0. The van der Waals surface area contributed by atoms with E-state index in [1.54, 1.807) is 25.3 Å². The standard InChI is InChI=1S/C17H26N2O4/c1-3-23-15-6-5-14(13-16(15)21-2)17(20)18-7-4-8-19-9-11-22-12-10-19/h5-6,13H,3-4,7-12H2,1-2H3,(H,18,20). The first-order valence-electron chi connectivity index (χ1n) is 8.13. The molecule has 1 aliphatic rings. The summed E-state index contributed by atoms with van der Waals surface area (Å²) in [5.41, 5.74) is 0.580. The largest absolute Gasteiger partial charge is 0.493 e. The van der Waals surface area contributed by atoms with Gasteiger partial charge in [0, 0.05) is 25.2 Å². The molecule has 0 bridgehead atoms. The fourth-order valence-electron chi connectivity index (χ4n) is 2.51. The molecule has 1 amide bonds. The molecule has 1 N–H and O–H groups in total. The fourth-order valence-corrected chi connectivity index (χ4v) is 2.51. The van der Waals surface area contributed by atoms with Crippen molar-refractivity contribution in [2.75, 3.05) is 53.1 Å². The second kappa shape index (κ2) is 9.37. The molecule has 0 atom stereocenters. The number of ether oxygens (including phenoxy) is 3. The van der Waals surface area contributed by atoms with Crippen molar-refractivity contribution in [2.45, 2.75) is 13.3 Å². The topological polar surface area (TPSA) is 60.0 Å². The van der Waals surface area contributed by atoms with Crippen molar-refractivity contribution in [1.82, 2.24) is 10.2 Å². The average Bonchev–Trinajstić information content (AvgIpc) is 2.60. The monoisotopic (exact) mass is 322 g/mol. The number of nitrogens with zero attached hydrogens (tertiary/aromatic N) is 1. The zero-order chi connectivity index (χ0) is 16.5. The van der Waals surface area contributed by atoms with Crippen LogP contribution < -0.4 is 14.8 Å². The molecule has 0 aromatic heterocycles. The van der Waals surface area contributed by atoms with Gasteiger partial charge in [-0.1, -0.05) is 0 Å². The molecule has 1 heterocycles. The first-order chi connectivity index (χ1) is 11.2. The number of amides is 1. The number of methoxy groups -OCH3 is 1. The molecule has 0 saturated carbocycles. The van der Waals surface area contributed by atoms with Crippen LogP contribution in [0.25, 0.3) is 0 Å². The molecule has 23 heavy (non-hydrogen) atoms. The van der Waals surface area contributed by atoms with Crippen LogP contribution in [0, 0.1) is 0 Å². The van der Waals surface area contributed by atoms with E-state index in [9.17, 15) is 4.79 Å². The molecule has 0 radical (unpaired) electrons. The van der Waals surface area contributed by atoms with Crippen LogP contribution in [-0.4, -0.2) is 63.9 Å². The van der Waals surface area contributed by atoms with Crippen LogP contribution in [0.3, 0.4) is 0 Å². The van der Waals surface area contributed by atoms with Crippen molar-refractivity contribution < 1.29 is 19.0 Å². The van der Waals surface area contributed by atoms with Crippen LogP contribution in [0.1, 0.15) is 23.7 Å². The third-order valence-corrected chi connectivity index (χ3v) is 3.77. The fraction of sp³-hybridized carbons (Fsp3) is 0.588. The predicted octanol–water partition coefficient (Wildman–Crippen LogP) is 1.55. The molecule has 1 aromatic rings. The Hall–Kier alpha value is -1.79. The van der Waals surface area contributed by atoms with Crippen molar-refractivity contribution in [1.29, 1.82) is 0 Å². The van der Waals surface area contributed by atoms with Gasteiger partial charge in [-0.25, -0.2) is 0 Å². The Morgan fingerprint density at radius 2 is 2.09 bits per heavy atom. The SMILES string of the molecule is CCOc1ccc(C(=O)NCCCN2CCOCC2)cc1OC. The van der Waals surface area contributed by atoms with Crippen LogP contribution in [-0.2, 0) is 4.74 Å². The molecule has 0 spiro atoms. The van der Waals surface area contributed by atoms with Gasteiger partial charge in [0.1, 0.15) is 0 Å². The number of rotatable bonds is 8. The molecular weight excluding hydrogens is 296 g/mol. The molecule has 1 aliphatic heterocycles. The molecule has 6 heteroatoms. The zero-order valence-corrected chi connectivity index (χ0v) is 14.0. The number of morpholine rings is 1. The Morgan fingerprint density at radius 1 is 1.30 bits per heavy atom. The Balaban J connectivity index is 1.78. The van der Waals surface area contributed by atoms with E-state index in [0.717, 1.165) is 39.3 Å². The van der Waals surface area contributed by atoms with Gasteiger partial charge in [0.05, 0.1) is 26.9 Å². The Kier molecular flexibility index (Phi) is 7.16. The molecule has 0 unspecified atom stereocenters. The van der Waals surface area contributed by atoms with Crippen LogP contribution in [0.5, 0.6) is 11.5 Å². The third-order valence-electron chi connectivity index (χ3n) is 3.77. The molecule has 1 aromatic carbocycles. The van der Waals surface area contributed by atoms with Gasteiger partial charge in [-0.2, -0.15) is 0 Å². The van der Waals surface area contributed by atoms with E-state index in [-0.39, 0.29) is 5.91 Å². The van der Waals surface area contributed by atoms with E-state index >= 15 is 0 Å². The van der Waals surface area contributed by atoms with Gasteiger partial charge >= 0.3 is 0 Å². The highest BCUT2D eigenvalue weighted by molar-refractivity contribution is 5.94. The predicted molar refractivity (Wildman–Crippen MR) is 88.4 cm³/mol. The summed E-state index contributed by atoms with van der Waals surface area (Å²) in [4.78, 5) is 14.5. The highest BCUT2D eigenvalue weighted by Gasteiger charge is 2.12. The number of hydrogen-bond acceptors (Lipinski definition) is 5. The van der Waals surface area contributed by atoms with Crippen LogP contribution in [0.2, 0.25) is 0 Å². The third kappa shape index (κ3) is 5.41. The van der Waals surface area contributed by atoms with E-state index in [1.807, 2.05) is 6.92 Å². The summed E-state index contributed by atoms with van der Waals surface area (Å²) in [6.07, 6.45) is 0.930. The minimum atomic E-state index is -0.0895. The number of hydrogen-bond donors (Lipinski definition) is 1. The molecule has 1 saturated heterocycles. The highest BCUT2D eigenvalue weighted by Crippen LogP contribution is 2.27. The van der Waals surface area contributed by atoms with Crippen molar-refractivity contribution in [3.63, 3.8) is 0 Å². The van der Waals surface area contributed by atoms with Gasteiger partial charge in [-0.15, -0.1) is 0 Å². The van der Waals surface area contributed by atoms with Crippen molar-refractivity contribution in [2.24, 2.45) is 0 Å². The maximum absolute atomic E-state index is 12.2. The summed E-state index contributed by atoms with van der Waals surface area (Å²) in [6.45, 7) is 7.67. The lowest BCUT2D eigenvalue weighted by atomic mass is 10.2. The van der Waals surface area contributed by atoms with Gasteiger partial charge in [-0.3, -0.25) is 9.69 Å². The number of carbonyl (C=O) groups excluding carboxylic acids is 1. The number of benzene rings is 1.